The second kappa shape index (κ2) is 8.90. The number of nitrogens with zero attached hydrogens (tertiary/aromatic N) is 2. The minimum Gasteiger partial charge on any atom is -0.371 e. The van der Waals surface area contributed by atoms with Crippen LogP contribution in [0.25, 0.3) is 0 Å². The molecule has 1 aromatic carbocycles. The third-order valence-corrected chi connectivity index (χ3v) is 5.79. The molecule has 2 atom stereocenters. The lowest BCUT2D eigenvalue weighted by Crippen LogP contribution is -2.51. The Balaban J connectivity index is 1.39. The van der Waals surface area contributed by atoms with Crippen LogP contribution in [0.4, 0.5) is 10.5 Å². The maximum atomic E-state index is 12.2. The van der Waals surface area contributed by atoms with Crippen molar-refractivity contribution in [1.29, 1.82) is 0 Å². The second-order valence-corrected chi connectivity index (χ2v) is 8.08. The van der Waals surface area contributed by atoms with E-state index in [1.165, 1.54) is 12.1 Å². The normalized spacial score (nSPS) is 24.3. The molecule has 0 saturated carbocycles. The number of carbonyl (C=O) groups is 1. The van der Waals surface area contributed by atoms with Gasteiger partial charge in [0, 0.05) is 42.4 Å². The molecule has 2 aliphatic rings. The molecular weight excluding hydrogens is 380 g/mol. The second-order valence-electron chi connectivity index (χ2n) is 7.17. The van der Waals surface area contributed by atoms with E-state index in [9.17, 15) is 4.79 Å². The van der Waals surface area contributed by atoms with Crippen molar-refractivity contribution in [3.63, 3.8) is 0 Å². The molecule has 6 heteroatoms. The van der Waals surface area contributed by atoms with Gasteiger partial charge in [-0.15, -0.1) is 0 Å². The summed E-state index contributed by atoms with van der Waals surface area (Å²) in [7, 11) is 0. The van der Waals surface area contributed by atoms with Crippen LogP contribution in [0.5, 0.6) is 0 Å². The Kier molecular flexibility index (Phi) is 6.59. The molecule has 3 rings (SSSR count). The zero-order chi connectivity index (χ0) is 17.6. The van der Waals surface area contributed by atoms with E-state index in [2.05, 4.69) is 61.5 Å². The van der Waals surface area contributed by atoms with Crippen molar-refractivity contribution in [3.05, 3.63) is 28.7 Å². The van der Waals surface area contributed by atoms with E-state index in [-0.39, 0.29) is 12.1 Å². The van der Waals surface area contributed by atoms with Gasteiger partial charge in [-0.3, -0.25) is 0 Å². The average molecular weight is 409 g/mol. The number of hydrogen-bond acceptors (Lipinski definition) is 3. The highest BCUT2D eigenvalue weighted by atomic mass is 79.9. The number of benzene rings is 1. The lowest BCUT2D eigenvalue weighted by molar-refractivity contribution is 0.192. The zero-order valence-corrected chi connectivity index (χ0v) is 16.6. The Morgan fingerprint density at radius 3 is 2.96 bits per heavy atom. The minimum absolute atomic E-state index is 0.0103. The fourth-order valence-corrected chi connectivity index (χ4v) is 4.23. The highest BCUT2D eigenvalue weighted by molar-refractivity contribution is 9.10. The quantitative estimate of drug-likeness (QED) is 0.786. The summed E-state index contributed by atoms with van der Waals surface area (Å²) >= 11 is 3.54. The summed E-state index contributed by atoms with van der Waals surface area (Å²) in [6.45, 7) is 8.18. The molecular formula is C19H29BrN4O. The summed E-state index contributed by atoms with van der Waals surface area (Å²) in [5, 5.41) is 6.23. The lowest BCUT2D eigenvalue weighted by atomic mass is 10.1. The van der Waals surface area contributed by atoms with Gasteiger partial charge in [-0.2, -0.15) is 0 Å². The Morgan fingerprint density at radius 1 is 1.28 bits per heavy atom. The first-order chi connectivity index (χ1) is 12.1. The number of anilines is 1. The van der Waals surface area contributed by atoms with Gasteiger partial charge in [-0.25, -0.2) is 4.79 Å². The third kappa shape index (κ3) is 5.35. The predicted molar refractivity (Wildman–Crippen MR) is 106 cm³/mol. The van der Waals surface area contributed by atoms with Crippen LogP contribution in [0, 0.1) is 5.92 Å². The van der Waals surface area contributed by atoms with Crippen LogP contribution in [0.3, 0.4) is 0 Å². The minimum atomic E-state index is -0.0103. The van der Waals surface area contributed by atoms with Crippen molar-refractivity contribution < 1.29 is 4.79 Å². The van der Waals surface area contributed by atoms with Gasteiger partial charge in [0.1, 0.15) is 0 Å². The summed E-state index contributed by atoms with van der Waals surface area (Å²) in [5.74, 6) is 0.517. The fraction of sp³-hybridized carbons (Fsp3) is 0.632. The van der Waals surface area contributed by atoms with Crippen LogP contribution < -0.4 is 15.5 Å². The number of likely N-dealkylation sites (N-methyl/N-ethyl adjacent to an activating group) is 1. The molecule has 0 unspecified atom stereocenters. The summed E-state index contributed by atoms with van der Waals surface area (Å²) in [6, 6.07) is 8.70. The molecule has 0 bridgehead atoms. The zero-order valence-electron chi connectivity index (χ0n) is 15.0. The number of amides is 2. The molecule has 0 radical (unpaired) electrons. The Labute approximate surface area is 159 Å². The Bertz CT molecular complexity index is 582. The number of halogens is 1. The van der Waals surface area contributed by atoms with Gasteiger partial charge in [-0.1, -0.05) is 28.9 Å². The smallest absolute Gasteiger partial charge is 0.315 e. The van der Waals surface area contributed by atoms with Crippen LogP contribution >= 0.6 is 15.9 Å². The number of nitrogens with one attached hydrogen (secondary N) is 2. The maximum Gasteiger partial charge on any atom is 0.315 e. The highest BCUT2D eigenvalue weighted by Crippen LogP contribution is 2.25. The number of rotatable bonds is 5. The van der Waals surface area contributed by atoms with Gasteiger partial charge in [0.2, 0.25) is 0 Å². The molecule has 0 aromatic heterocycles. The van der Waals surface area contributed by atoms with Crippen LogP contribution in [-0.4, -0.2) is 56.2 Å². The standard InChI is InChI=1S/C19H29BrN4O/c1-2-23-9-4-6-17(14-23)22-19(25)21-12-15-8-10-24(13-15)18-7-3-5-16(20)11-18/h3,5,7,11,15,17H,2,4,6,8-10,12-14H2,1H3,(H2,21,22,25)/t15-,17+/m1/s1. The van der Waals surface area contributed by atoms with Gasteiger partial charge in [-0.05, 0) is 56.5 Å². The first-order valence-electron chi connectivity index (χ1n) is 9.41. The third-order valence-electron chi connectivity index (χ3n) is 5.30. The van der Waals surface area contributed by atoms with Crippen molar-refractivity contribution in [2.24, 2.45) is 5.92 Å². The fourth-order valence-electron chi connectivity index (χ4n) is 3.84. The predicted octanol–water partition coefficient (Wildman–Crippen LogP) is 3.06. The maximum absolute atomic E-state index is 12.2. The monoisotopic (exact) mass is 408 g/mol. The van der Waals surface area contributed by atoms with E-state index in [1.54, 1.807) is 0 Å². The molecule has 0 spiro atoms. The summed E-state index contributed by atoms with van der Waals surface area (Å²) in [4.78, 5) is 17.0. The van der Waals surface area contributed by atoms with E-state index < -0.39 is 0 Å². The molecule has 2 aliphatic heterocycles. The summed E-state index contributed by atoms with van der Waals surface area (Å²) in [5.41, 5.74) is 1.25. The lowest BCUT2D eigenvalue weighted by Gasteiger charge is -2.32. The van der Waals surface area contributed by atoms with Gasteiger partial charge < -0.3 is 20.4 Å². The van der Waals surface area contributed by atoms with Crippen molar-refractivity contribution in [2.75, 3.05) is 44.2 Å². The highest BCUT2D eigenvalue weighted by Gasteiger charge is 2.24. The van der Waals surface area contributed by atoms with Crippen LogP contribution in [0.15, 0.2) is 28.7 Å². The SMILES string of the molecule is CCN1CCC[C@H](NC(=O)NC[C@H]2CCN(c3cccc(Br)c3)C2)C1. The number of piperidine rings is 1. The Hall–Kier alpha value is -1.27. The molecule has 2 fully saturated rings. The van der Waals surface area contributed by atoms with E-state index in [1.807, 2.05) is 6.07 Å². The van der Waals surface area contributed by atoms with Crippen molar-refractivity contribution in [2.45, 2.75) is 32.2 Å². The van der Waals surface area contributed by atoms with Gasteiger partial charge in [0.25, 0.3) is 0 Å². The van der Waals surface area contributed by atoms with Crippen LogP contribution in [0.2, 0.25) is 0 Å². The van der Waals surface area contributed by atoms with Gasteiger partial charge in [0.15, 0.2) is 0 Å². The largest absolute Gasteiger partial charge is 0.371 e. The van der Waals surface area contributed by atoms with Gasteiger partial charge >= 0.3 is 6.03 Å². The molecule has 138 valence electrons. The molecule has 2 saturated heterocycles. The number of hydrogen-bond donors (Lipinski definition) is 2. The topological polar surface area (TPSA) is 47.6 Å². The van der Waals surface area contributed by atoms with Gasteiger partial charge in [0.05, 0.1) is 0 Å². The van der Waals surface area contributed by atoms with E-state index in [4.69, 9.17) is 0 Å². The summed E-state index contributed by atoms with van der Waals surface area (Å²) in [6.07, 6.45) is 3.38. The first-order valence-corrected chi connectivity index (χ1v) is 10.2. The molecule has 0 aliphatic carbocycles. The first kappa shape index (κ1) is 18.5. The average Bonchev–Trinajstić information content (AvgIpc) is 3.09. The molecule has 2 N–H and O–H groups in total. The molecule has 2 heterocycles. The van der Waals surface area contributed by atoms with Crippen molar-refractivity contribution >= 4 is 27.6 Å². The number of likely N-dealkylation sites (tertiary alicyclic amines) is 1. The van der Waals surface area contributed by atoms with E-state index in [0.717, 1.165) is 56.6 Å². The molecule has 25 heavy (non-hydrogen) atoms. The molecule has 2 amide bonds. The van der Waals surface area contributed by atoms with Crippen molar-refractivity contribution in [1.82, 2.24) is 15.5 Å². The van der Waals surface area contributed by atoms with Crippen molar-refractivity contribution in [3.8, 4) is 0 Å². The summed E-state index contributed by atoms with van der Waals surface area (Å²) < 4.78 is 1.11. The van der Waals surface area contributed by atoms with Crippen LogP contribution in [-0.2, 0) is 0 Å². The Morgan fingerprint density at radius 2 is 2.16 bits per heavy atom. The molecule has 5 nitrogen and oxygen atoms in total. The number of carbonyl (C=O) groups excluding carboxylic acids is 1. The van der Waals surface area contributed by atoms with E-state index >= 15 is 0 Å². The molecule has 1 aromatic rings. The van der Waals surface area contributed by atoms with Crippen LogP contribution in [0.1, 0.15) is 26.2 Å². The van der Waals surface area contributed by atoms with E-state index in [0.29, 0.717) is 5.92 Å². The number of urea groups is 1.